The number of piperazine rings is 1. The fraction of sp³-hybridized carbons (Fsp3) is 0.565. The Labute approximate surface area is 194 Å². The van der Waals surface area contributed by atoms with Crippen LogP contribution in [-0.4, -0.2) is 60.5 Å². The smallest absolute Gasteiger partial charge is 0.316 e. The van der Waals surface area contributed by atoms with Gasteiger partial charge in [-0.1, -0.05) is 19.9 Å². The molecule has 0 spiro atoms. The van der Waals surface area contributed by atoms with Crippen molar-refractivity contribution in [3.05, 3.63) is 46.6 Å². The average Bonchev–Trinajstić information content (AvgIpc) is 3.19. The topological polar surface area (TPSA) is 84.7 Å². The number of rotatable bonds is 7. The minimum absolute atomic E-state index is 0.0777. The van der Waals surface area contributed by atoms with E-state index in [4.69, 9.17) is 4.74 Å². The number of sulfonamides is 1. The monoisotopic (exact) mass is 478 g/mol. The molecule has 2 fully saturated rings. The third kappa shape index (κ3) is 5.06. The first kappa shape index (κ1) is 23.7. The van der Waals surface area contributed by atoms with Crippen LogP contribution in [0.1, 0.15) is 39.5 Å². The van der Waals surface area contributed by atoms with E-state index in [9.17, 15) is 17.6 Å². The molecule has 180 valence electrons. The van der Waals surface area contributed by atoms with E-state index in [0.717, 1.165) is 23.9 Å². The van der Waals surface area contributed by atoms with Crippen molar-refractivity contribution < 1.29 is 17.5 Å². The van der Waals surface area contributed by atoms with E-state index in [1.54, 1.807) is 12.3 Å². The minimum atomic E-state index is -3.27. The van der Waals surface area contributed by atoms with E-state index in [2.05, 4.69) is 12.0 Å². The second-order valence-corrected chi connectivity index (χ2v) is 10.9. The van der Waals surface area contributed by atoms with Crippen molar-refractivity contribution in [3.8, 4) is 11.4 Å². The third-order valence-corrected chi connectivity index (χ3v) is 8.53. The third-order valence-electron chi connectivity index (χ3n) is 6.45. The Kier molecular flexibility index (Phi) is 7.04. The second-order valence-electron chi connectivity index (χ2n) is 8.82. The van der Waals surface area contributed by atoms with Crippen molar-refractivity contribution in [1.29, 1.82) is 0 Å². The molecule has 0 unspecified atom stereocenters. The van der Waals surface area contributed by atoms with Crippen LogP contribution in [0.3, 0.4) is 0 Å². The Morgan fingerprint density at radius 1 is 1.18 bits per heavy atom. The number of aromatic nitrogens is 2. The highest BCUT2D eigenvalue weighted by molar-refractivity contribution is 7.89. The molecule has 1 saturated heterocycles. The molecule has 2 atom stereocenters. The highest BCUT2D eigenvalue weighted by Crippen LogP contribution is 2.33. The fourth-order valence-corrected chi connectivity index (χ4v) is 6.08. The van der Waals surface area contributed by atoms with Gasteiger partial charge in [0.15, 0.2) is 0 Å². The molecule has 2 aromatic rings. The number of halogens is 1. The molecule has 0 N–H and O–H groups in total. The summed E-state index contributed by atoms with van der Waals surface area (Å²) < 4.78 is 47.6. The summed E-state index contributed by atoms with van der Waals surface area (Å²) in [5, 5.41) is 4.30. The Hall–Kier alpha value is -2.46. The van der Waals surface area contributed by atoms with Crippen molar-refractivity contribution in [2.75, 3.05) is 36.8 Å². The molecule has 1 aliphatic heterocycles. The number of hydrogen-bond donors (Lipinski definition) is 0. The fourth-order valence-electron chi connectivity index (χ4n) is 4.59. The van der Waals surface area contributed by atoms with Crippen molar-refractivity contribution >= 4 is 15.7 Å². The average molecular weight is 479 g/mol. The first-order chi connectivity index (χ1) is 15.8. The number of anilines is 1. The standard InChI is InChI=1S/C23H31FN4O4S/c1-3-14-33(30,31)27-12-10-26(11-13-27)20-16-25-28(19-8-5-7-18(24)15-19)23(29)22(20)32-21-9-4-6-17(21)2/h5,7-8,15-17,21H,3-4,6,9-14H2,1-2H3/t17-,21-/m1/s1. The van der Waals surface area contributed by atoms with E-state index >= 15 is 0 Å². The van der Waals surface area contributed by atoms with Gasteiger partial charge in [0.1, 0.15) is 17.6 Å². The van der Waals surface area contributed by atoms with E-state index in [0.29, 0.717) is 49.9 Å². The SMILES string of the molecule is CCCS(=O)(=O)N1CCN(c2cnn(-c3cccc(F)c3)c(=O)c2O[C@@H]2CCC[C@H]2C)CC1. The zero-order chi connectivity index (χ0) is 23.6. The molecule has 0 bridgehead atoms. The molecule has 0 amide bonds. The normalized spacial score (nSPS) is 22.0. The molecule has 1 aromatic heterocycles. The van der Waals surface area contributed by atoms with Crippen LogP contribution in [0.15, 0.2) is 35.3 Å². The summed E-state index contributed by atoms with van der Waals surface area (Å²) in [5.41, 5.74) is 0.434. The number of nitrogens with zero attached hydrogens (tertiary/aromatic N) is 4. The van der Waals surface area contributed by atoms with Crippen LogP contribution in [0.4, 0.5) is 10.1 Å². The zero-order valence-electron chi connectivity index (χ0n) is 19.1. The number of hydrogen-bond acceptors (Lipinski definition) is 6. The highest BCUT2D eigenvalue weighted by atomic mass is 32.2. The molecule has 2 heterocycles. The summed E-state index contributed by atoms with van der Waals surface area (Å²) in [5.74, 6) is 0.190. The summed E-state index contributed by atoms with van der Waals surface area (Å²) in [6.45, 7) is 5.51. The zero-order valence-corrected chi connectivity index (χ0v) is 19.9. The molecule has 33 heavy (non-hydrogen) atoms. The van der Waals surface area contributed by atoms with Gasteiger partial charge in [0.05, 0.1) is 17.6 Å². The van der Waals surface area contributed by atoms with Gasteiger partial charge in [0.25, 0.3) is 0 Å². The first-order valence-corrected chi connectivity index (χ1v) is 13.2. The van der Waals surface area contributed by atoms with Gasteiger partial charge in [-0.3, -0.25) is 4.79 Å². The lowest BCUT2D eigenvalue weighted by atomic mass is 10.1. The quantitative estimate of drug-likeness (QED) is 0.609. The van der Waals surface area contributed by atoms with Gasteiger partial charge < -0.3 is 9.64 Å². The van der Waals surface area contributed by atoms with Gasteiger partial charge >= 0.3 is 5.56 Å². The number of ether oxygens (including phenoxy) is 1. The molecule has 0 radical (unpaired) electrons. The van der Waals surface area contributed by atoms with Crippen molar-refractivity contribution in [2.24, 2.45) is 5.92 Å². The van der Waals surface area contributed by atoms with Gasteiger partial charge in [-0.05, 0) is 49.8 Å². The van der Waals surface area contributed by atoms with Crippen LogP contribution in [0.5, 0.6) is 5.75 Å². The lowest BCUT2D eigenvalue weighted by molar-refractivity contribution is 0.164. The van der Waals surface area contributed by atoms with Crippen LogP contribution < -0.4 is 15.2 Å². The largest absolute Gasteiger partial charge is 0.483 e. The van der Waals surface area contributed by atoms with Gasteiger partial charge in [-0.25, -0.2) is 12.8 Å². The molecule has 8 nitrogen and oxygen atoms in total. The Bertz CT molecular complexity index is 1150. The van der Waals surface area contributed by atoms with Crippen LogP contribution in [0, 0.1) is 11.7 Å². The lowest BCUT2D eigenvalue weighted by Crippen LogP contribution is -2.49. The molecule has 10 heteroatoms. The van der Waals surface area contributed by atoms with Crippen LogP contribution >= 0.6 is 0 Å². The minimum Gasteiger partial charge on any atom is -0.483 e. The van der Waals surface area contributed by atoms with Gasteiger partial charge in [-0.2, -0.15) is 14.1 Å². The molecule has 1 aromatic carbocycles. The van der Waals surface area contributed by atoms with E-state index in [-0.39, 0.29) is 17.6 Å². The van der Waals surface area contributed by atoms with Crippen molar-refractivity contribution in [3.63, 3.8) is 0 Å². The summed E-state index contributed by atoms with van der Waals surface area (Å²) in [6.07, 6.45) is 5.01. The molecule has 4 rings (SSSR count). The molecular weight excluding hydrogens is 447 g/mol. The van der Waals surface area contributed by atoms with Gasteiger partial charge in [0.2, 0.25) is 15.8 Å². The Morgan fingerprint density at radius 2 is 1.94 bits per heavy atom. The van der Waals surface area contributed by atoms with Gasteiger partial charge in [-0.15, -0.1) is 0 Å². The highest BCUT2D eigenvalue weighted by Gasteiger charge is 2.31. The maximum Gasteiger partial charge on any atom is 0.316 e. The van der Waals surface area contributed by atoms with Gasteiger partial charge in [0, 0.05) is 26.2 Å². The Morgan fingerprint density at radius 3 is 2.58 bits per heavy atom. The summed E-state index contributed by atoms with van der Waals surface area (Å²) in [6, 6.07) is 5.72. The van der Waals surface area contributed by atoms with E-state index < -0.39 is 21.4 Å². The predicted octanol–water partition coefficient (Wildman–Crippen LogP) is 2.80. The van der Waals surface area contributed by atoms with Crippen LogP contribution in [0.25, 0.3) is 5.69 Å². The lowest BCUT2D eigenvalue weighted by Gasteiger charge is -2.36. The summed E-state index contributed by atoms with van der Waals surface area (Å²) >= 11 is 0. The first-order valence-electron chi connectivity index (χ1n) is 11.6. The molecular formula is C23H31FN4O4S. The van der Waals surface area contributed by atoms with E-state index in [1.807, 2.05) is 11.8 Å². The van der Waals surface area contributed by atoms with Crippen LogP contribution in [-0.2, 0) is 10.0 Å². The molecule has 1 saturated carbocycles. The second kappa shape index (κ2) is 9.80. The van der Waals surface area contributed by atoms with Crippen LogP contribution in [0.2, 0.25) is 0 Å². The summed E-state index contributed by atoms with van der Waals surface area (Å²) in [4.78, 5) is 15.4. The van der Waals surface area contributed by atoms with Crippen molar-refractivity contribution in [1.82, 2.24) is 14.1 Å². The van der Waals surface area contributed by atoms with E-state index in [1.165, 1.54) is 22.5 Å². The molecule has 2 aliphatic rings. The maximum absolute atomic E-state index is 13.8. The maximum atomic E-state index is 13.8. The molecule has 1 aliphatic carbocycles. The summed E-state index contributed by atoms with van der Waals surface area (Å²) in [7, 11) is -3.27. The Balaban J connectivity index is 1.66. The van der Waals surface area contributed by atoms with Crippen molar-refractivity contribution in [2.45, 2.75) is 45.6 Å². The predicted molar refractivity (Wildman–Crippen MR) is 125 cm³/mol. The number of benzene rings is 1.